The van der Waals surface area contributed by atoms with Crippen molar-refractivity contribution < 1.29 is 19.4 Å². The number of carboxylic acid groups (broad SMARTS) is 1. The summed E-state index contributed by atoms with van der Waals surface area (Å²) in [6, 6.07) is 8.30. The van der Waals surface area contributed by atoms with Gasteiger partial charge in [0.15, 0.2) is 0 Å². The van der Waals surface area contributed by atoms with Crippen molar-refractivity contribution in [3.8, 4) is 11.8 Å². The highest BCUT2D eigenvalue weighted by Crippen LogP contribution is 2.20. The molecule has 1 fully saturated rings. The lowest BCUT2D eigenvalue weighted by molar-refractivity contribution is -0.135. The summed E-state index contributed by atoms with van der Waals surface area (Å²) in [4.78, 5) is 24.7. The number of benzene rings is 1. The van der Waals surface area contributed by atoms with E-state index >= 15 is 0 Å². The molecule has 2 amide bonds. The van der Waals surface area contributed by atoms with E-state index in [1.165, 1.54) is 0 Å². The second-order valence-electron chi connectivity index (χ2n) is 5.69. The topological polar surface area (TPSA) is 103 Å². The van der Waals surface area contributed by atoms with Crippen LogP contribution in [0.4, 0.5) is 4.79 Å². The average Bonchev–Trinajstić information content (AvgIpc) is 2.60. The Labute approximate surface area is 140 Å². The molecular weight excluding hydrogens is 310 g/mol. The first kappa shape index (κ1) is 17.6. The highest BCUT2D eigenvalue weighted by Gasteiger charge is 2.28. The number of carbonyl (C=O) groups excluding carboxylic acids is 1. The molecule has 0 saturated carbocycles. The van der Waals surface area contributed by atoms with Gasteiger partial charge in [0.25, 0.3) is 0 Å². The van der Waals surface area contributed by atoms with E-state index in [1.807, 2.05) is 0 Å². The van der Waals surface area contributed by atoms with E-state index in [4.69, 9.17) is 15.1 Å². The van der Waals surface area contributed by atoms with Crippen LogP contribution in [0, 0.1) is 11.3 Å². The molecule has 2 N–H and O–H groups in total. The van der Waals surface area contributed by atoms with E-state index in [9.17, 15) is 9.59 Å². The van der Waals surface area contributed by atoms with Crippen LogP contribution in [0.15, 0.2) is 24.3 Å². The number of ether oxygens (including phenoxy) is 1. The molecule has 1 aromatic rings. The van der Waals surface area contributed by atoms with E-state index in [0.717, 1.165) is 0 Å². The lowest BCUT2D eigenvalue weighted by Gasteiger charge is -2.34. The molecule has 1 aliphatic heterocycles. The van der Waals surface area contributed by atoms with Crippen LogP contribution in [0.1, 0.15) is 31.7 Å². The molecule has 0 aromatic heterocycles. The van der Waals surface area contributed by atoms with Crippen molar-refractivity contribution >= 4 is 12.0 Å². The third-order valence-electron chi connectivity index (χ3n) is 4.04. The van der Waals surface area contributed by atoms with E-state index in [2.05, 4.69) is 11.4 Å². The van der Waals surface area contributed by atoms with Crippen LogP contribution in [-0.4, -0.2) is 47.2 Å². The molecule has 1 atom stereocenters. The zero-order chi connectivity index (χ0) is 17.5. The molecule has 7 heteroatoms. The number of amides is 2. The molecule has 0 aliphatic carbocycles. The Bertz CT molecular complexity index is 616. The summed E-state index contributed by atoms with van der Waals surface area (Å²) in [5, 5.41) is 19.8. The number of likely N-dealkylation sites (tertiary alicyclic amines) is 1. The minimum Gasteiger partial charge on any atom is -0.490 e. The van der Waals surface area contributed by atoms with Gasteiger partial charge in [0.05, 0.1) is 11.6 Å². The summed E-state index contributed by atoms with van der Waals surface area (Å²) < 4.78 is 5.88. The van der Waals surface area contributed by atoms with Gasteiger partial charge in [-0.05, 0) is 30.7 Å². The van der Waals surface area contributed by atoms with E-state index < -0.39 is 12.1 Å². The normalized spacial score (nSPS) is 16.1. The molecule has 0 spiro atoms. The predicted octanol–water partition coefficient (Wildman–Crippen LogP) is 1.97. The van der Waals surface area contributed by atoms with Crippen LogP contribution in [0.3, 0.4) is 0 Å². The summed E-state index contributed by atoms with van der Waals surface area (Å²) >= 11 is 0. The molecule has 24 heavy (non-hydrogen) atoms. The van der Waals surface area contributed by atoms with Gasteiger partial charge in [0.1, 0.15) is 17.9 Å². The fraction of sp³-hybridized carbons (Fsp3) is 0.471. The van der Waals surface area contributed by atoms with Gasteiger partial charge in [-0.15, -0.1) is 0 Å². The Hall–Kier alpha value is -2.75. The van der Waals surface area contributed by atoms with Gasteiger partial charge in [-0.1, -0.05) is 6.92 Å². The molecule has 1 aromatic carbocycles. The quantitative estimate of drug-likeness (QED) is 0.859. The van der Waals surface area contributed by atoms with Gasteiger partial charge in [-0.2, -0.15) is 5.26 Å². The first-order chi connectivity index (χ1) is 11.5. The largest absolute Gasteiger partial charge is 0.490 e. The third kappa shape index (κ3) is 4.62. The first-order valence-electron chi connectivity index (χ1n) is 7.98. The van der Waals surface area contributed by atoms with Gasteiger partial charge < -0.3 is 20.1 Å². The number of carbonyl (C=O) groups is 2. The van der Waals surface area contributed by atoms with Crippen LogP contribution >= 0.6 is 0 Å². The predicted molar refractivity (Wildman–Crippen MR) is 86.6 cm³/mol. The highest BCUT2D eigenvalue weighted by molar-refractivity contribution is 5.85. The van der Waals surface area contributed by atoms with Crippen LogP contribution in [0.2, 0.25) is 0 Å². The smallest absolute Gasteiger partial charge is 0.405 e. The summed E-state index contributed by atoms with van der Waals surface area (Å²) in [6.07, 6.45) is 0.626. The van der Waals surface area contributed by atoms with Crippen molar-refractivity contribution in [2.24, 2.45) is 0 Å². The Kier molecular flexibility index (Phi) is 6.01. The molecule has 1 saturated heterocycles. The summed E-state index contributed by atoms with van der Waals surface area (Å²) in [7, 11) is 0. The first-order valence-corrected chi connectivity index (χ1v) is 7.98. The molecule has 128 valence electrons. The van der Waals surface area contributed by atoms with Gasteiger partial charge in [-0.25, -0.2) is 4.79 Å². The summed E-state index contributed by atoms with van der Waals surface area (Å²) in [6.45, 7) is 2.86. The minimum atomic E-state index is -1.19. The van der Waals surface area contributed by atoms with Crippen molar-refractivity contribution in [3.63, 3.8) is 0 Å². The van der Waals surface area contributed by atoms with Crippen LogP contribution < -0.4 is 10.1 Å². The van der Waals surface area contributed by atoms with Gasteiger partial charge in [-0.3, -0.25) is 4.79 Å². The second kappa shape index (κ2) is 8.20. The molecule has 0 unspecified atom stereocenters. The number of piperidine rings is 1. The maximum absolute atomic E-state index is 12.3. The number of nitrogens with zero attached hydrogens (tertiary/aromatic N) is 2. The molecule has 0 bridgehead atoms. The van der Waals surface area contributed by atoms with Crippen LogP contribution in [0.5, 0.6) is 5.75 Å². The summed E-state index contributed by atoms with van der Waals surface area (Å²) in [5.74, 6) is 0.523. The Balaban J connectivity index is 1.85. The maximum Gasteiger partial charge on any atom is 0.405 e. The van der Waals surface area contributed by atoms with Gasteiger partial charge in [0.2, 0.25) is 5.91 Å². The molecule has 2 rings (SSSR count). The Morgan fingerprint density at radius 3 is 2.50 bits per heavy atom. The van der Waals surface area contributed by atoms with Crippen molar-refractivity contribution in [3.05, 3.63) is 29.8 Å². The van der Waals surface area contributed by atoms with E-state index in [0.29, 0.717) is 43.7 Å². The number of rotatable bonds is 5. The molecule has 1 aliphatic rings. The Morgan fingerprint density at radius 1 is 1.38 bits per heavy atom. The number of nitriles is 1. The SMILES string of the molecule is CC[C@H](NC(=O)O)C(=O)N1CCC(Oc2ccc(C#N)cc2)CC1. The fourth-order valence-electron chi connectivity index (χ4n) is 2.70. The standard InChI is InChI=1S/C17H21N3O4/c1-2-15(19-17(22)23)16(21)20-9-7-14(8-10-20)24-13-5-3-12(11-18)4-6-13/h3-6,14-15,19H,2,7-10H2,1H3,(H,22,23)/t15-/m0/s1. The van der Waals surface area contributed by atoms with Gasteiger partial charge >= 0.3 is 6.09 Å². The van der Waals surface area contributed by atoms with Crippen molar-refractivity contribution in [1.82, 2.24) is 10.2 Å². The Morgan fingerprint density at radius 2 is 2.00 bits per heavy atom. The zero-order valence-corrected chi connectivity index (χ0v) is 13.6. The van der Waals surface area contributed by atoms with Crippen LogP contribution in [-0.2, 0) is 4.79 Å². The second-order valence-corrected chi connectivity index (χ2v) is 5.69. The number of hydrogen-bond acceptors (Lipinski definition) is 4. The highest BCUT2D eigenvalue weighted by atomic mass is 16.5. The fourth-order valence-corrected chi connectivity index (χ4v) is 2.70. The number of nitrogens with one attached hydrogen (secondary N) is 1. The lowest BCUT2D eigenvalue weighted by Crippen LogP contribution is -2.51. The molecular formula is C17H21N3O4. The van der Waals surface area contributed by atoms with Gasteiger partial charge in [0, 0.05) is 25.9 Å². The van der Waals surface area contributed by atoms with Crippen molar-refractivity contribution in [2.75, 3.05) is 13.1 Å². The molecule has 7 nitrogen and oxygen atoms in total. The van der Waals surface area contributed by atoms with Crippen LogP contribution in [0.25, 0.3) is 0 Å². The molecule has 1 heterocycles. The monoisotopic (exact) mass is 331 g/mol. The third-order valence-corrected chi connectivity index (χ3v) is 4.04. The number of hydrogen-bond donors (Lipinski definition) is 2. The summed E-state index contributed by atoms with van der Waals surface area (Å²) in [5.41, 5.74) is 0.583. The maximum atomic E-state index is 12.3. The minimum absolute atomic E-state index is 0.00879. The van der Waals surface area contributed by atoms with E-state index in [-0.39, 0.29) is 12.0 Å². The van der Waals surface area contributed by atoms with E-state index in [1.54, 1.807) is 36.1 Å². The van der Waals surface area contributed by atoms with Crippen molar-refractivity contribution in [2.45, 2.75) is 38.3 Å². The van der Waals surface area contributed by atoms with Crippen molar-refractivity contribution in [1.29, 1.82) is 5.26 Å². The lowest BCUT2D eigenvalue weighted by atomic mass is 10.1. The zero-order valence-electron chi connectivity index (χ0n) is 13.6. The molecule has 0 radical (unpaired) electrons. The average molecular weight is 331 g/mol.